The fourth-order valence-electron chi connectivity index (χ4n) is 1.06. The van der Waals surface area contributed by atoms with Crippen LogP contribution in [0.4, 0.5) is 0 Å². The summed E-state index contributed by atoms with van der Waals surface area (Å²) in [6.45, 7) is 2.94. The van der Waals surface area contributed by atoms with Crippen LogP contribution in [0.5, 0.6) is 0 Å². The normalized spacial score (nSPS) is 23.5. The van der Waals surface area contributed by atoms with Crippen molar-refractivity contribution in [1.82, 2.24) is 0 Å². The van der Waals surface area contributed by atoms with Crippen molar-refractivity contribution in [3.8, 4) is 0 Å². The molecule has 0 atom stereocenters. The van der Waals surface area contributed by atoms with Gasteiger partial charge in [-0.2, -0.15) is 0 Å². The number of carbonyl (C=O) groups excluding carboxylic acids is 1. The second-order valence-electron chi connectivity index (χ2n) is 2.74. The van der Waals surface area contributed by atoms with Gasteiger partial charge >= 0.3 is 76.7 Å². The van der Waals surface area contributed by atoms with Gasteiger partial charge in [0.25, 0.3) is 0 Å². The number of esters is 1. The molecule has 6 heteroatoms. The zero-order chi connectivity index (χ0) is 9.73. The molecular weight excluding hydrogens is 195 g/mol. The van der Waals surface area contributed by atoms with E-state index in [4.69, 9.17) is 9.05 Å². The SMILES string of the molecule is CCOC(=O)C[PH]1(O)OCCCO1. The minimum atomic E-state index is -3.21. The third kappa shape index (κ3) is 3.56. The Hall–Kier alpha value is -0.220. The van der Waals surface area contributed by atoms with Crippen molar-refractivity contribution in [2.75, 3.05) is 26.0 Å². The van der Waals surface area contributed by atoms with E-state index in [-0.39, 0.29) is 6.16 Å². The first-order valence-corrected chi connectivity index (χ1v) is 6.29. The van der Waals surface area contributed by atoms with Crippen molar-refractivity contribution in [3.63, 3.8) is 0 Å². The summed E-state index contributed by atoms with van der Waals surface area (Å²) in [7, 11) is -3.21. The summed E-state index contributed by atoms with van der Waals surface area (Å²) in [5.74, 6) is -0.460. The van der Waals surface area contributed by atoms with Crippen molar-refractivity contribution >= 4 is 13.9 Å². The van der Waals surface area contributed by atoms with E-state index in [0.29, 0.717) is 19.8 Å². The monoisotopic (exact) mass is 210 g/mol. The topological polar surface area (TPSA) is 65.0 Å². The zero-order valence-corrected chi connectivity index (χ0v) is 8.62. The van der Waals surface area contributed by atoms with Crippen LogP contribution < -0.4 is 0 Å². The Bertz CT molecular complexity index is 178. The fourth-order valence-corrected chi connectivity index (χ4v) is 2.74. The standard InChI is InChI=1S/C7H15O5P/c1-2-10-7(8)6-13(9)11-4-3-5-12-13/h9,13H,2-6H2,1H3. The molecule has 0 spiro atoms. The summed E-state index contributed by atoms with van der Waals surface area (Å²) < 4.78 is 14.8. The van der Waals surface area contributed by atoms with Crippen LogP contribution in [0.3, 0.4) is 0 Å². The Kier molecular flexibility index (Phi) is 4.06. The molecule has 1 aliphatic heterocycles. The molecule has 0 bridgehead atoms. The van der Waals surface area contributed by atoms with E-state index in [9.17, 15) is 9.69 Å². The Morgan fingerprint density at radius 1 is 1.54 bits per heavy atom. The molecule has 1 rings (SSSR count). The second-order valence-corrected chi connectivity index (χ2v) is 5.10. The van der Waals surface area contributed by atoms with Crippen LogP contribution in [0.1, 0.15) is 13.3 Å². The zero-order valence-electron chi connectivity index (χ0n) is 7.62. The molecule has 1 N–H and O–H groups in total. The van der Waals surface area contributed by atoms with Gasteiger partial charge in [-0.25, -0.2) is 0 Å². The number of ether oxygens (including phenoxy) is 1. The van der Waals surface area contributed by atoms with Gasteiger partial charge in [0.15, 0.2) is 0 Å². The van der Waals surface area contributed by atoms with Crippen LogP contribution >= 0.6 is 7.94 Å². The Balaban J connectivity index is 2.36. The van der Waals surface area contributed by atoms with E-state index in [1.807, 2.05) is 0 Å². The first-order chi connectivity index (χ1) is 6.16. The van der Waals surface area contributed by atoms with Gasteiger partial charge in [-0.05, 0) is 0 Å². The summed E-state index contributed by atoms with van der Waals surface area (Å²) in [5.41, 5.74) is 0. The average molecular weight is 210 g/mol. The molecule has 0 unspecified atom stereocenters. The Labute approximate surface area is 77.6 Å². The average Bonchev–Trinajstić information content (AvgIpc) is 2.04. The van der Waals surface area contributed by atoms with E-state index < -0.39 is 13.9 Å². The Morgan fingerprint density at radius 2 is 2.15 bits per heavy atom. The van der Waals surface area contributed by atoms with E-state index in [1.165, 1.54) is 0 Å². The molecule has 0 aliphatic carbocycles. The summed E-state index contributed by atoms with van der Waals surface area (Å²) in [5, 5.41) is 0. The molecule has 0 aromatic rings. The van der Waals surface area contributed by atoms with Gasteiger partial charge in [-0.15, -0.1) is 0 Å². The molecule has 1 saturated heterocycles. The van der Waals surface area contributed by atoms with Crippen molar-refractivity contribution < 1.29 is 23.5 Å². The third-order valence-corrected chi connectivity index (χ3v) is 3.66. The van der Waals surface area contributed by atoms with Crippen LogP contribution in [-0.2, 0) is 18.6 Å². The van der Waals surface area contributed by atoms with Gasteiger partial charge < -0.3 is 0 Å². The second kappa shape index (κ2) is 4.86. The Morgan fingerprint density at radius 3 is 2.69 bits per heavy atom. The summed E-state index contributed by atoms with van der Waals surface area (Å²) in [6, 6.07) is 0. The summed E-state index contributed by atoms with van der Waals surface area (Å²) >= 11 is 0. The third-order valence-electron chi connectivity index (χ3n) is 1.62. The molecule has 0 aromatic carbocycles. The van der Waals surface area contributed by atoms with Gasteiger partial charge in [0, 0.05) is 0 Å². The van der Waals surface area contributed by atoms with Crippen LogP contribution in [0.15, 0.2) is 0 Å². The number of rotatable bonds is 3. The van der Waals surface area contributed by atoms with Gasteiger partial charge in [0.2, 0.25) is 0 Å². The van der Waals surface area contributed by atoms with Crippen molar-refractivity contribution in [2.45, 2.75) is 13.3 Å². The van der Waals surface area contributed by atoms with Crippen LogP contribution in [0.25, 0.3) is 0 Å². The van der Waals surface area contributed by atoms with E-state index in [2.05, 4.69) is 4.74 Å². The predicted molar refractivity (Wildman–Crippen MR) is 48.6 cm³/mol. The molecule has 13 heavy (non-hydrogen) atoms. The molecule has 1 heterocycles. The molecule has 0 amide bonds. The van der Waals surface area contributed by atoms with Gasteiger partial charge in [0.05, 0.1) is 0 Å². The molecule has 0 saturated carbocycles. The van der Waals surface area contributed by atoms with Crippen LogP contribution in [0.2, 0.25) is 0 Å². The minimum absolute atomic E-state index is 0.138. The fraction of sp³-hybridized carbons (Fsp3) is 0.857. The van der Waals surface area contributed by atoms with Crippen molar-refractivity contribution in [1.29, 1.82) is 0 Å². The number of hydrogen-bond acceptors (Lipinski definition) is 5. The van der Waals surface area contributed by atoms with Gasteiger partial charge in [-0.3, -0.25) is 0 Å². The molecule has 5 nitrogen and oxygen atoms in total. The van der Waals surface area contributed by atoms with Gasteiger partial charge in [0.1, 0.15) is 0 Å². The summed E-state index contributed by atoms with van der Waals surface area (Å²) in [4.78, 5) is 20.7. The predicted octanol–water partition coefficient (Wildman–Crippen LogP) is 0.474. The number of carbonyl (C=O) groups is 1. The van der Waals surface area contributed by atoms with Crippen LogP contribution in [0, 0.1) is 0 Å². The summed E-state index contributed by atoms with van der Waals surface area (Å²) in [6.07, 6.45) is 0.624. The molecule has 1 fully saturated rings. The quantitative estimate of drug-likeness (QED) is 0.542. The van der Waals surface area contributed by atoms with Crippen LogP contribution in [-0.4, -0.2) is 36.8 Å². The molecule has 0 radical (unpaired) electrons. The first-order valence-electron chi connectivity index (χ1n) is 4.32. The van der Waals surface area contributed by atoms with Crippen molar-refractivity contribution in [3.05, 3.63) is 0 Å². The molecule has 0 aromatic heterocycles. The van der Waals surface area contributed by atoms with E-state index >= 15 is 0 Å². The number of hydrogen-bond donors (Lipinski definition) is 1. The van der Waals surface area contributed by atoms with Gasteiger partial charge in [-0.1, -0.05) is 0 Å². The van der Waals surface area contributed by atoms with Crippen molar-refractivity contribution in [2.24, 2.45) is 0 Å². The van der Waals surface area contributed by atoms with E-state index in [1.54, 1.807) is 6.92 Å². The molecule has 1 aliphatic rings. The first kappa shape index (κ1) is 10.9. The molecular formula is C7H15O5P. The van der Waals surface area contributed by atoms with E-state index in [0.717, 1.165) is 6.42 Å². The maximum atomic E-state index is 11.0. The molecule has 78 valence electrons. The maximum absolute atomic E-state index is 11.0.